The fourth-order valence-corrected chi connectivity index (χ4v) is 4.56. The molecular formula is C15H22BrNO2S. The Kier molecular flexibility index (Phi) is 5.64. The maximum absolute atomic E-state index is 12.0. The van der Waals surface area contributed by atoms with Crippen molar-refractivity contribution in [2.75, 3.05) is 7.11 Å². The Morgan fingerprint density at radius 3 is 3.05 bits per heavy atom. The predicted molar refractivity (Wildman–Crippen MR) is 86.1 cm³/mol. The molecule has 0 fully saturated rings. The van der Waals surface area contributed by atoms with Crippen LogP contribution in [0.4, 0.5) is 0 Å². The Morgan fingerprint density at radius 1 is 1.65 bits per heavy atom. The minimum absolute atomic E-state index is 0.152. The van der Waals surface area contributed by atoms with Crippen molar-refractivity contribution in [1.29, 1.82) is 0 Å². The van der Waals surface area contributed by atoms with Gasteiger partial charge in [0.25, 0.3) is 0 Å². The number of esters is 1. The summed E-state index contributed by atoms with van der Waals surface area (Å²) in [6.45, 7) is 4.21. The van der Waals surface area contributed by atoms with Gasteiger partial charge in [-0.2, -0.15) is 0 Å². The molecule has 0 amide bonds. The van der Waals surface area contributed by atoms with E-state index in [1.807, 2.05) is 11.3 Å². The van der Waals surface area contributed by atoms with Crippen LogP contribution in [0.5, 0.6) is 0 Å². The molecule has 3 unspecified atom stereocenters. The van der Waals surface area contributed by atoms with Crippen LogP contribution in [0.1, 0.15) is 49.6 Å². The second-order valence-corrected chi connectivity index (χ2v) is 7.94. The highest BCUT2D eigenvalue weighted by Gasteiger charge is 2.30. The Balaban J connectivity index is 2.17. The first-order chi connectivity index (χ1) is 9.56. The zero-order valence-corrected chi connectivity index (χ0v) is 14.6. The molecule has 0 saturated heterocycles. The first kappa shape index (κ1) is 16.0. The molecule has 2 rings (SSSR count). The largest absolute Gasteiger partial charge is 0.468 e. The average molecular weight is 360 g/mol. The van der Waals surface area contributed by atoms with Crippen LogP contribution in [-0.2, 0) is 16.0 Å². The number of halogens is 1. The highest BCUT2D eigenvalue weighted by atomic mass is 79.9. The molecule has 1 aliphatic rings. The number of methoxy groups -OCH3 is 1. The van der Waals surface area contributed by atoms with Gasteiger partial charge < -0.3 is 4.74 Å². The number of carbonyl (C=O) groups is 1. The summed E-state index contributed by atoms with van der Waals surface area (Å²) in [5.74, 6) is 0.121. The Bertz CT molecular complexity index is 474. The van der Waals surface area contributed by atoms with Gasteiger partial charge in [-0.25, -0.2) is 0 Å². The molecule has 0 aromatic carbocycles. The van der Waals surface area contributed by atoms with Crippen LogP contribution in [0.3, 0.4) is 0 Å². The van der Waals surface area contributed by atoms with Crippen LogP contribution >= 0.6 is 27.3 Å². The van der Waals surface area contributed by atoms with E-state index in [-0.39, 0.29) is 24.0 Å². The van der Waals surface area contributed by atoms with Crippen molar-refractivity contribution in [1.82, 2.24) is 5.32 Å². The highest BCUT2D eigenvalue weighted by Crippen LogP contribution is 2.38. The van der Waals surface area contributed by atoms with Gasteiger partial charge in [-0.15, -0.1) is 11.3 Å². The molecule has 3 atom stereocenters. The SMILES string of the molecule is CCC(C)C(NC1CCCc2sc(Br)cc21)C(=O)OC. The summed E-state index contributed by atoms with van der Waals surface area (Å²) in [4.78, 5) is 13.5. The zero-order chi connectivity index (χ0) is 14.7. The lowest BCUT2D eigenvalue weighted by atomic mass is 9.91. The Hall–Kier alpha value is -0.390. The molecule has 0 saturated carbocycles. The second kappa shape index (κ2) is 7.05. The van der Waals surface area contributed by atoms with Gasteiger partial charge in [-0.1, -0.05) is 20.3 Å². The highest BCUT2D eigenvalue weighted by molar-refractivity contribution is 9.11. The fourth-order valence-electron chi connectivity index (χ4n) is 2.74. The first-order valence-electron chi connectivity index (χ1n) is 7.18. The quantitative estimate of drug-likeness (QED) is 0.805. The number of nitrogens with one attached hydrogen (secondary N) is 1. The van der Waals surface area contributed by atoms with Gasteiger partial charge in [0, 0.05) is 10.9 Å². The Labute approximate surface area is 133 Å². The summed E-state index contributed by atoms with van der Waals surface area (Å²) in [6.07, 6.45) is 4.36. The van der Waals surface area contributed by atoms with Crippen molar-refractivity contribution in [3.05, 3.63) is 20.3 Å². The van der Waals surface area contributed by atoms with Crippen LogP contribution in [0, 0.1) is 5.92 Å². The van der Waals surface area contributed by atoms with Gasteiger partial charge in [0.1, 0.15) is 6.04 Å². The van der Waals surface area contributed by atoms with Crippen molar-refractivity contribution < 1.29 is 9.53 Å². The summed E-state index contributed by atoms with van der Waals surface area (Å²) in [5, 5.41) is 3.54. The number of carbonyl (C=O) groups excluding carboxylic acids is 1. The summed E-state index contributed by atoms with van der Waals surface area (Å²) in [5.41, 5.74) is 1.35. The number of hydrogen-bond acceptors (Lipinski definition) is 4. The molecule has 0 bridgehead atoms. The predicted octanol–water partition coefficient (Wildman–Crippen LogP) is 4.07. The van der Waals surface area contributed by atoms with Crippen LogP contribution < -0.4 is 5.32 Å². The Morgan fingerprint density at radius 2 is 2.40 bits per heavy atom. The molecule has 0 aliphatic heterocycles. The topological polar surface area (TPSA) is 38.3 Å². The van der Waals surface area contributed by atoms with Crippen molar-refractivity contribution in [2.24, 2.45) is 5.92 Å². The van der Waals surface area contributed by atoms with Gasteiger partial charge in [-0.05, 0) is 52.7 Å². The molecule has 5 heteroatoms. The van der Waals surface area contributed by atoms with Gasteiger partial charge in [-0.3, -0.25) is 10.1 Å². The maximum atomic E-state index is 12.0. The molecule has 0 spiro atoms. The van der Waals surface area contributed by atoms with E-state index in [2.05, 4.69) is 41.2 Å². The number of ether oxygens (including phenoxy) is 1. The van der Waals surface area contributed by atoms with E-state index in [0.29, 0.717) is 0 Å². The fraction of sp³-hybridized carbons (Fsp3) is 0.667. The number of thiophene rings is 1. The molecule has 3 nitrogen and oxygen atoms in total. The van der Waals surface area contributed by atoms with Crippen molar-refractivity contribution >= 4 is 33.2 Å². The van der Waals surface area contributed by atoms with Crippen molar-refractivity contribution in [3.63, 3.8) is 0 Å². The molecule has 20 heavy (non-hydrogen) atoms. The van der Waals surface area contributed by atoms with E-state index in [1.165, 1.54) is 27.8 Å². The summed E-state index contributed by atoms with van der Waals surface area (Å²) >= 11 is 5.38. The molecule has 1 aliphatic carbocycles. The molecule has 1 aromatic rings. The van der Waals surface area contributed by atoms with Crippen LogP contribution in [0.2, 0.25) is 0 Å². The minimum atomic E-state index is -0.223. The third kappa shape index (κ3) is 3.43. The normalized spacial score (nSPS) is 21.1. The average Bonchev–Trinajstić information content (AvgIpc) is 2.84. The van der Waals surface area contributed by atoms with Gasteiger partial charge in [0.15, 0.2) is 0 Å². The standard InChI is InChI=1S/C15H22BrNO2S/c1-4-9(2)14(15(18)19-3)17-11-6-5-7-12-10(11)8-13(16)20-12/h8-9,11,14,17H,4-7H2,1-3H3. The van der Waals surface area contributed by atoms with E-state index in [1.54, 1.807) is 0 Å². The number of fused-ring (bicyclic) bond motifs is 1. The van der Waals surface area contributed by atoms with Crippen LogP contribution in [-0.4, -0.2) is 19.1 Å². The number of hydrogen-bond donors (Lipinski definition) is 1. The maximum Gasteiger partial charge on any atom is 0.323 e. The van der Waals surface area contributed by atoms with Gasteiger partial charge in [0.05, 0.1) is 10.9 Å². The number of rotatable bonds is 5. The summed E-state index contributed by atoms with van der Waals surface area (Å²) in [7, 11) is 1.47. The molecular weight excluding hydrogens is 338 g/mol. The first-order valence-corrected chi connectivity index (χ1v) is 8.79. The lowest BCUT2D eigenvalue weighted by Gasteiger charge is -2.30. The van der Waals surface area contributed by atoms with Crippen LogP contribution in [0.15, 0.2) is 9.85 Å². The third-order valence-corrected chi connectivity index (χ3v) is 5.85. The lowest BCUT2D eigenvalue weighted by molar-refractivity contribution is -0.144. The minimum Gasteiger partial charge on any atom is -0.468 e. The third-order valence-electron chi connectivity index (χ3n) is 4.13. The van der Waals surface area contributed by atoms with E-state index in [4.69, 9.17) is 4.74 Å². The van der Waals surface area contributed by atoms with E-state index >= 15 is 0 Å². The van der Waals surface area contributed by atoms with Crippen molar-refractivity contribution in [3.8, 4) is 0 Å². The molecule has 1 heterocycles. The molecule has 1 aromatic heterocycles. The molecule has 1 N–H and O–H groups in total. The van der Waals surface area contributed by atoms with Gasteiger partial charge >= 0.3 is 5.97 Å². The zero-order valence-electron chi connectivity index (χ0n) is 12.2. The molecule has 0 radical (unpaired) electrons. The second-order valence-electron chi connectivity index (χ2n) is 5.43. The monoisotopic (exact) mass is 359 g/mol. The van der Waals surface area contributed by atoms with E-state index < -0.39 is 0 Å². The number of aryl methyl sites for hydroxylation is 1. The summed E-state index contributed by atoms with van der Waals surface area (Å²) in [6, 6.07) is 2.24. The molecule has 112 valence electrons. The smallest absolute Gasteiger partial charge is 0.323 e. The van der Waals surface area contributed by atoms with Gasteiger partial charge in [0.2, 0.25) is 0 Å². The van der Waals surface area contributed by atoms with Crippen LogP contribution in [0.25, 0.3) is 0 Å². The van der Waals surface area contributed by atoms with E-state index in [9.17, 15) is 4.79 Å². The summed E-state index contributed by atoms with van der Waals surface area (Å²) < 4.78 is 6.14. The lowest BCUT2D eigenvalue weighted by Crippen LogP contribution is -2.44. The van der Waals surface area contributed by atoms with E-state index in [0.717, 1.165) is 19.3 Å². The van der Waals surface area contributed by atoms with Crippen molar-refractivity contribution in [2.45, 2.75) is 51.6 Å².